The molecule has 0 atom stereocenters. The molecule has 2 aromatic rings. The number of aliphatic imine (C=N–C) groups is 1. The third kappa shape index (κ3) is 2.84. The lowest BCUT2D eigenvalue weighted by Crippen LogP contribution is -1.82. The van der Waals surface area contributed by atoms with Gasteiger partial charge >= 0.3 is 0 Å². The number of rotatable bonds is 2. The van der Waals surface area contributed by atoms with Crippen molar-refractivity contribution in [1.29, 1.82) is 0 Å². The van der Waals surface area contributed by atoms with Crippen LogP contribution in [0.4, 0.5) is 5.69 Å². The standard InChI is InChI=1S/C13H9Cl2N/c14-11-7-6-10(13(15)8-11)9-16-12-4-2-1-3-5-12/h1-9H/b16-9+. The summed E-state index contributed by atoms with van der Waals surface area (Å²) in [4.78, 5) is 4.31. The molecule has 0 fully saturated rings. The number of hydrogen-bond acceptors (Lipinski definition) is 1. The van der Waals surface area contributed by atoms with Crippen LogP contribution in [0, 0.1) is 0 Å². The molecule has 0 aromatic heterocycles. The molecule has 2 aromatic carbocycles. The molecule has 0 aliphatic rings. The van der Waals surface area contributed by atoms with Gasteiger partial charge in [-0.05, 0) is 24.3 Å². The molecule has 80 valence electrons. The Hall–Kier alpha value is -1.31. The molecule has 0 aliphatic carbocycles. The quantitative estimate of drug-likeness (QED) is 0.682. The first-order valence-electron chi connectivity index (χ1n) is 4.80. The highest BCUT2D eigenvalue weighted by molar-refractivity contribution is 6.36. The van der Waals surface area contributed by atoms with Crippen molar-refractivity contribution in [1.82, 2.24) is 0 Å². The van der Waals surface area contributed by atoms with Gasteiger partial charge in [-0.15, -0.1) is 0 Å². The molecule has 2 rings (SSSR count). The van der Waals surface area contributed by atoms with E-state index in [4.69, 9.17) is 23.2 Å². The second kappa shape index (κ2) is 5.15. The number of nitrogens with zero attached hydrogens (tertiary/aromatic N) is 1. The summed E-state index contributed by atoms with van der Waals surface area (Å²) in [6, 6.07) is 15.0. The Morgan fingerprint density at radius 3 is 2.38 bits per heavy atom. The van der Waals surface area contributed by atoms with E-state index in [0.717, 1.165) is 11.3 Å². The SMILES string of the molecule is Clc1ccc(/C=N/c2ccccc2)c(Cl)c1. The van der Waals surface area contributed by atoms with Crippen LogP contribution in [0.1, 0.15) is 5.56 Å². The topological polar surface area (TPSA) is 12.4 Å². The Labute approximate surface area is 104 Å². The molecule has 16 heavy (non-hydrogen) atoms. The van der Waals surface area contributed by atoms with E-state index in [0.29, 0.717) is 10.0 Å². The van der Waals surface area contributed by atoms with E-state index in [1.807, 2.05) is 36.4 Å². The highest BCUT2D eigenvalue weighted by Gasteiger charge is 1.97. The van der Waals surface area contributed by atoms with E-state index >= 15 is 0 Å². The first-order valence-corrected chi connectivity index (χ1v) is 5.55. The second-order valence-corrected chi connectivity index (χ2v) is 4.10. The number of halogens is 2. The summed E-state index contributed by atoms with van der Waals surface area (Å²) in [6.45, 7) is 0. The molecular formula is C13H9Cl2N. The Kier molecular flexibility index (Phi) is 3.60. The average molecular weight is 250 g/mol. The lowest BCUT2D eigenvalue weighted by molar-refractivity contribution is 1.53. The molecule has 0 saturated heterocycles. The molecular weight excluding hydrogens is 241 g/mol. The van der Waals surface area contributed by atoms with Gasteiger partial charge in [-0.25, -0.2) is 0 Å². The van der Waals surface area contributed by atoms with E-state index in [2.05, 4.69) is 4.99 Å². The minimum absolute atomic E-state index is 0.604. The van der Waals surface area contributed by atoms with E-state index in [-0.39, 0.29) is 0 Å². The fourth-order valence-corrected chi connectivity index (χ4v) is 1.72. The van der Waals surface area contributed by atoms with Crippen LogP contribution in [0.3, 0.4) is 0 Å². The fourth-order valence-electron chi connectivity index (χ4n) is 1.26. The van der Waals surface area contributed by atoms with Crippen LogP contribution < -0.4 is 0 Å². The Morgan fingerprint density at radius 2 is 1.69 bits per heavy atom. The van der Waals surface area contributed by atoms with Gasteiger partial charge in [0.1, 0.15) is 0 Å². The van der Waals surface area contributed by atoms with Crippen LogP contribution in [-0.4, -0.2) is 6.21 Å². The van der Waals surface area contributed by atoms with E-state index in [1.54, 1.807) is 18.3 Å². The Morgan fingerprint density at radius 1 is 0.938 bits per heavy atom. The zero-order valence-electron chi connectivity index (χ0n) is 8.40. The molecule has 0 N–H and O–H groups in total. The van der Waals surface area contributed by atoms with Crippen LogP contribution in [0.25, 0.3) is 0 Å². The van der Waals surface area contributed by atoms with Crippen molar-refractivity contribution in [3.63, 3.8) is 0 Å². The van der Waals surface area contributed by atoms with Gasteiger partial charge in [0.05, 0.1) is 10.7 Å². The second-order valence-electron chi connectivity index (χ2n) is 3.26. The molecule has 0 unspecified atom stereocenters. The van der Waals surface area contributed by atoms with Crippen LogP contribution in [0.2, 0.25) is 10.0 Å². The fraction of sp³-hybridized carbons (Fsp3) is 0. The van der Waals surface area contributed by atoms with Crippen molar-refractivity contribution in [2.24, 2.45) is 4.99 Å². The first-order chi connectivity index (χ1) is 7.75. The van der Waals surface area contributed by atoms with Crippen LogP contribution >= 0.6 is 23.2 Å². The van der Waals surface area contributed by atoms with Crippen LogP contribution in [0.5, 0.6) is 0 Å². The van der Waals surface area contributed by atoms with Gasteiger partial charge < -0.3 is 0 Å². The maximum Gasteiger partial charge on any atom is 0.0629 e. The minimum Gasteiger partial charge on any atom is -0.256 e. The summed E-state index contributed by atoms with van der Waals surface area (Å²) < 4.78 is 0. The Balaban J connectivity index is 2.24. The molecule has 0 radical (unpaired) electrons. The van der Waals surface area contributed by atoms with Crippen molar-refractivity contribution >= 4 is 35.1 Å². The monoisotopic (exact) mass is 249 g/mol. The third-order valence-corrected chi connectivity index (χ3v) is 2.63. The smallest absolute Gasteiger partial charge is 0.0629 e. The first kappa shape index (κ1) is 11.2. The van der Waals surface area contributed by atoms with Crippen molar-refractivity contribution < 1.29 is 0 Å². The summed E-state index contributed by atoms with van der Waals surface area (Å²) >= 11 is 11.8. The van der Waals surface area contributed by atoms with Gasteiger partial charge in [0.25, 0.3) is 0 Å². The van der Waals surface area contributed by atoms with E-state index in [1.165, 1.54) is 0 Å². The molecule has 0 amide bonds. The molecule has 0 aliphatic heterocycles. The summed E-state index contributed by atoms with van der Waals surface area (Å²) in [5, 5.41) is 1.23. The summed E-state index contributed by atoms with van der Waals surface area (Å²) in [5.74, 6) is 0. The van der Waals surface area contributed by atoms with Gasteiger partial charge in [-0.1, -0.05) is 47.5 Å². The van der Waals surface area contributed by atoms with Gasteiger partial charge in [0.2, 0.25) is 0 Å². The van der Waals surface area contributed by atoms with E-state index in [9.17, 15) is 0 Å². The normalized spacial score (nSPS) is 10.9. The van der Waals surface area contributed by atoms with Gasteiger partial charge in [-0.3, -0.25) is 4.99 Å². The van der Waals surface area contributed by atoms with Gasteiger partial charge in [-0.2, -0.15) is 0 Å². The summed E-state index contributed by atoms with van der Waals surface area (Å²) in [7, 11) is 0. The highest BCUT2D eigenvalue weighted by Crippen LogP contribution is 2.20. The molecule has 1 nitrogen and oxygen atoms in total. The molecule has 0 spiro atoms. The Bertz CT molecular complexity index is 507. The zero-order chi connectivity index (χ0) is 11.4. The summed E-state index contributed by atoms with van der Waals surface area (Å²) in [6.07, 6.45) is 1.73. The van der Waals surface area contributed by atoms with Crippen molar-refractivity contribution in [3.8, 4) is 0 Å². The number of benzene rings is 2. The number of hydrogen-bond donors (Lipinski definition) is 0. The molecule has 0 saturated carbocycles. The third-order valence-electron chi connectivity index (χ3n) is 2.07. The van der Waals surface area contributed by atoms with Gasteiger partial charge in [0, 0.05) is 16.8 Å². The molecule has 0 heterocycles. The lowest BCUT2D eigenvalue weighted by atomic mass is 10.2. The van der Waals surface area contributed by atoms with Gasteiger partial charge in [0.15, 0.2) is 0 Å². The highest BCUT2D eigenvalue weighted by atomic mass is 35.5. The minimum atomic E-state index is 0.604. The van der Waals surface area contributed by atoms with Crippen LogP contribution in [-0.2, 0) is 0 Å². The molecule has 3 heteroatoms. The van der Waals surface area contributed by atoms with E-state index < -0.39 is 0 Å². The van der Waals surface area contributed by atoms with Crippen molar-refractivity contribution in [2.45, 2.75) is 0 Å². The zero-order valence-corrected chi connectivity index (χ0v) is 9.91. The van der Waals surface area contributed by atoms with Crippen molar-refractivity contribution in [2.75, 3.05) is 0 Å². The van der Waals surface area contributed by atoms with Crippen molar-refractivity contribution in [3.05, 3.63) is 64.1 Å². The largest absolute Gasteiger partial charge is 0.256 e. The molecule has 0 bridgehead atoms. The average Bonchev–Trinajstić information content (AvgIpc) is 2.29. The maximum atomic E-state index is 6.02. The number of para-hydroxylation sites is 1. The summed E-state index contributed by atoms with van der Waals surface area (Å²) in [5.41, 5.74) is 1.75. The van der Waals surface area contributed by atoms with Crippen LogP contribution in [0.15, 0.2) is 53.5 Å². The predicted molar refractivity (Wildman–Crippen MR) is 70.2 cm³/mol. The predicted octanol–water partition coefficient (Wildman–Crippen LogP) is 4.74. The maximum absolute atomic E-state index is 6.02. The lowest BCUT2D eigenvalue weighted by Gasteiger charge is -1.98.